The van der Waals surface area contributed by atoms with Gasteiger partial charge in [-0.05, 0) is 55.0 Å². The molecule has 1 heterocycles. The van der Waals surface area contributed by atoms with Crippen LogP contribution in [0.2, 0.25) is 15.1 Å². The molecule has 0 unspecified atom stereocenters. The smallest absolute Gasteiger partial charge is 0.257 e. The molecule has 0 saturated heterocycles. The van der Waals surface area contributed by atoms with Gasteiger partial charge in [0.25, 0.3) is 5.91 Å². The first-order valence-electron chi connectivity index (χ1n) is 8.03. The lowest BCUT2D eigenvalue weighted by Gasteiger charge is -2.13. The van der Waals surface area contributed by atoms with Gasteiger partial charge in [-0.1, -0.05) is 34.8 Å². The summed E-state index contributed by atoms with van der Waals surface area (Å²) in [4.78, 5) is 17.0. The minimum atomic E-state index is -0.288. The van der Waals surface area contributed by atoms with E-state index in [9.17, 15) is 4.79 Å². The molecular formula is C20H15Cl3N2O2. The zero-order valence-electron chi connectivity index (χ0n) is 14.3. The number of amides is 1. The van der Waals surface area contributed by atoms with E-state index in [1.54, 1.807) is 54.7 Å². The lowest BCUT2D eigenvalue weighted by molar-refractivity contribution is 0.102. The predicted molar refractivity (Wildman–Crippen MR) is 109 cm³/mol. The zero-order valence-corrected chi connectivity index (χ0v) is 16.6. The van der Waals surface area contributed by atoms with Gasteiger partial charge in [0.15, 0.2) is 0 Å². The van der Waals surface area contributed by atoms with Gasteiger partial charge in [-0.15, -0.1) is 0 Å². The summed E-state index contributed by atoms with van der Waals surface area (Å²) >= 11 is 18.0. The van der Waals surface area contributed by atoms with Crippen LogP contribution in [0, 0.1) is 6.92 Å². The van der Waals surface area contributed by atoms with Crippen LogP contribution >= 0.6 is 34.8 Å². The normalized spacial score (nSPS) is 10.5. The lowest BCUT2D eigenvalue weighted by atomic mass is 10.1. The number of aromatic nitrogens is 1. The second-order valence-corrected chi connectivity index (χ2v) is 7.05. The van der Waals surface area contributed by atoms with E-state index in [1.807, 2.05) is 6.92 Å². The maximum absolute atomic E-state index is 12.7. The Morgan fingerprint density at radius 1 is 1.07 bits per heavy atom. The van der Waals surface area contributed by atoms with Crippen LogP contribution in [-0.4, -0.2) is 10.9 Å². The number of hydrogen-bond donors (Lipinski definition) is 1. The molecule has 0 atom stereocenters. The van der Waals surface area contributed by atoms with E-state index < -0.39 is 0 Å². The molecule has 4 nitrogen and oxygen atoms in total. The first-order valence-corrected chi connectivity index (χ1v) is 9.16. The molecule has 2 aromatic carbocycles. The zero-order chi connectivity index (χ0) is 19.4. The highest BCUT2D eigenvalue weighted by Crippen LogP contribution is 2.28. The van der Waals surface area contributed by atoms with Crippen molar-refractivity contribution in [2.45, 2.75) is 13.5 Å². The molecule has 0 radical (unpaired) electrons. The number of nitrogens with one attached hydrogen (secondary N) is 1. The molecule has 1 N–H and O–H groups in total. The summed E-state index contributed by atoms with van der Waals surface area (Å²) in [6.45, 7) is 1.94. The van der Waals surface area contributed by atoms with Crippen LogP contribution in [0.1, 0.15) is 21.6 Å². The number of rotatable bonds is 5. The van der Waals surface area contributed by atoms with Crippen molar-refractivity contribution in [3.8, 4) is 5.75 Å². The number of nitrogens with zero attached hydrogens (tertiary/aromatic N) is 1. The summed E-state index contributed by atoms with van der Waals surface area (Å²) in [5.74, 6) is 0.138. The van der Waals surface area contributed by atoms with Crippen LogP contribution in [0.15, 0.2) is 54.7 Å². The lowest BCUT2D eigenvalue weighted by Crippen LogP contribution is -2.16. The summed E-state index contributed by atoms with van der Waals surface area (Å²) in [7, 11) is 0. The summed E-state index contributed by atoms with van der Waals surface area (Å²) in [6.07, 6.45) is 1.60. The standard InChI is InChI=1S/C20H15Cl3N2O2/c1-12-9-13(21)5-7-17(12)25-20(26)15-3-2-8-24-18(15)11-27-19-10-14(22)4-6-16(19)23/h2-10H,11H2,1H3,(H,25,26). The highest BCUT2D eigenvalue weighted by atomic mass is 35.5. The highest BCUT2D eigenvalue weighted by Gasteiger charge is 2.15. The van der Waals surface area contributed by atoms with Crippen molar-refractivity contribution in [2.75, 3.05) is 5.32 Å². The minimum absolute atomic E-state index is 0.0727. The number of halogens is 3. The number of aryl methyl sites for hydroxylation is 1. The van der Waals surface area contributed by atoms with Gasteiger partial charge >= 0.3 is 0 Å². The average Bonchev–Trinajstić information content (AvgIpc) is 2.65. The molecular weight excluding hydrogens is 407 g/mol. The molecule has 0 aliphatic carbocycles. The molecule has 7 heteroatoms. The Hall–Kier alpha value is -2.27. The van der Waals surface area contributed by atoms with Crippen LogP contribution in [0.3, 0.4) is 0 Å². The molecule has 0 aliphatic heterocycles. The first kappa shape index (κ1) is 19.5. The monoisotopic (exact) mass is 420 g/mol. The Kier molecular flexibility index (Phi) is 6.22. The van der Waals surface area contributed by atoms with Crippen LogP contribution < -0.4 is 10.1 Å². The van der Waals surface area contributed by atoms with Gasteiger partial charge in [-0.2, -0.15) is 0 Å². The van der Waals surface area contributed by atoms with Gasteiger partial charge in [-0.3, -0.25) is 9.78 Å². The Balaban J connectivity index is 1.79. The maximum atomic E-state index is 12.7. The summed E-state index contributed by atoms with van der Waals surface area (Å²) in [5, 5.41) is 4.42. The topological polar surface area (TPSA) is 51.2 Å². The summed E-state index contributed by atoms with van der Waals surface area (Å²) in [6, 6.07) is 13.6. The number of ether oxygens (including phenoxy) is 1. The molecule has 0 bridgehead atoms. The van der Waals surface area contributed by atoms with Gasteiger partial charge in [-0.25, -0.2) is 0 Å². The van der Waals surface area contributed by atoms with E-state index in [0.29, 0.717) is 37.8 Å². The molecule has 0 saturated carbocycles. The highest BCUT2D eigenvalue weighted by molar-refractivity contribution is 6.34. The molecule has 0 spiro atoms. The van der Waals surface area contributed by atoms with Crippen molar-refractivity contribution in [3.63, 3.8) is 0 Å². The van der Waals surface area contributed by atoms with Crippen molar-refractivity contribution in [2.24, 2.45) is 0 Å². The molecule has 3 aromatic rings. The molecule has 0 aliphatic rings. The molecule has 1 aromatic heterocycles. The second-order valence-electron chi connectivity index (χ2n) is 5.77. The van der Waals surface area contributed by atoms with Gasteiger partial charge in [0.1, 0.15) is 12.4 Å². The number of anilines is 1. The second kappa shape index (κ2) is 8.61. The third-order valence-corrected chi connectivity index (χ3v) is 4.61. The predicted octanol–water partition coefficient (Wildman–Crippen LogP) is 6.18. The van der Waals surface area contributed by atoms with E-state index in [2.05, 4.69) is 10.3 Å². The molecule has 1 amide bonds. The van der Waals surface area contributed by atoms with Crippen molar-refractivity contribution in [3.05, 3.63) is 86.6 Å². The van der Waals surface area contributed by atoms with Crippen molar-refractivity contribution >= 4 is 46.4 Å². The third kappa shape index (κ3) is 4.92. The first-order chi connectivity index (χ1) is 12.9. The van der Waals surface area contributed by atoms with Crippen molar-refractivity contribution in [1.29, 1.82) is 0 Å². The number of carbonyl (C=O) groups excluding carboxylic acids is 1. The number of benzene rings is 2. The summed E-state index contributed by atoms with van der Waals surface area (Å²) < 4.78 is 5.71. The molecule has 3 rings (SSSR count). The van der Waals surface area contributed by atoms with E-state index >= 15 is 0 Å². The Morgan fingerprint density at radius 3 is 2.59 bits per heavy atom. The fraction of sp³-hybridized carbons (Fsp3) is 0.100. The van der Waals surface area contributed by atoms with Crippen molar-refractivity contribution in [1.82, 2.24) is 4.98 Å². The minimum Gasteiger partial charge on any atom is -0.486 e. The summed E-state index contributed by atoms with van der Waals surface area (Å²) in [5.41, 5.74) is 2.43. The fourth-order valence-corrected chi connectivity index (χ4v) is 3.01. The Morgan fingerprint density at radius 2 is 1.81 bits per heavy atom. The maximum Gasteiger partial charge on any atom is 0.257 e. The van der Waals surface area contributed by atoms with Crippen LogP contribution in [-0.2, 0) is 6.61 Å². The van der Waals surface area contributed by atoms with E-state index in [0.717, 1.165) is 5.56 Å². The number of pyridine rings is 1. The Labute approximate surface area is 172 Å². The third-order valence-electron chi connectivity index (χ3n) is 3.83. The Bertz CT molecular complexity index is 993. The average molecular weight is 422 g/mol. The van der Waals surface area contributed by atoms with Gasteiger partial charge < -0.3 is 10.1 Å². The largest absolute Gasteiger partial charge is 0.486 e. The van der Waals surface area contributed by atoms with E-state index in [4.69, 9.17) is 39.5 Å². The van der Waals surface area contributed by atoms with Crippen molar-refractivity contribution < 1.29 is 9.53 Å². The molecule has 27 heavy (non-hydrogen) atoms. The van der Waals surface area contributed by atoms with E-state index in [-0.39, 0.29) is 12.5 Å². The fourth-order valence-electron chi connectivity index (χ4n) is 2.45. The van der Waals surface area contributed by atoms with E-state index in [1.165, 1.54) is 0 Å². The molecule has 0 fully saturated rings. The van der Waals surface area contributed by atoms with Gasteiger partial charge in [0.2, 0.25) is 0 Å². The van der Waals surface area contributed by atoms with Crippen LogP contribution in [0.4, 0.5) is 5.69 Å². The van der Waals surface area contributed by atoms with Crippen LogP contribution in [0.5, 0.6) is 5.75 Å². The molecule has 138 valence electrons. The van der Waals surface area contributed by atoms with Gasteiger partial charge in [0, 0.05) is 28.0 Å². The van der Waals surface area contributed by atoms with Gasteiger partial charge in [0.05, 0.1) is 16.3 Å². The van der Waals surface area contributed by atoms with Crippen LogP contribution in [0.25, 0.3) is 0 Å². The number of hydrogen-bond acceptors (Lipinski definition) is 3. The number of carbonyl (C=O) groups is 1. The SMILES string of the molecule is Cc1cc(Cl)ccc1NC(=O)c1cccnc1COc1cc(Cl)ccc1Cl. The quantitative estimate of drug-likeness (QED) is 0.535.